The second-order valence-electron chi connectivity index (χ2n) is 3.80. The maximum Gasteiger partial charge on any atom is 0.231 e. The fraction of sp³-hybridized carbons (Fsp3) is 0.545. The Balaban J connectivity index is 1.82. The van der Waals surface area contributed by atoms with Gasteiger partial charge in [-0.15, -0.1) is 0 Å². The highest BCUT2D eigenvalue weighted by atomic mass is 32.2. The highest BCUT2D eigenvalue weighted by Crippen LogP contribution is 2.32. The summed E-state index contributed by atoms with van der Waals surface area (Å²) in [6.07, 6.45) is 7.77. The third-order valence-electron chi connectivity index (χ3n) is 2.69. The molecule has 0 N–H and O–H groups in total. The molecule has 1 amide bonds. The molecule has 14 heavy (non-hydrogen) atoms. The van der Waals surface area contributed by atoms with E-state index in [0.717, 1.165) is 18.8 Å². The Labute approximate surface area is 88.0 Å². The van der Waals surface area contributed by atoms with Crippen LogP contribution in [-0.4, -0.2) is 29.6 Å². The standard InChI is InChI=1S/C11H17NOS/c13-11(10-14-8-4-5-9-14)12-6-2-1-3-7-12/h4-5,8-9,14H,1-3,6-7,10H2. The molecule has 3 heteroatoms. The lowest BCUT2D eigenvalue weighted by Gasteiger charge is -2.27. The molecule has 0 radical (unpaired) electrons. The predicted molar refractivity (Wildman–Crippen MR) is 62.6 cm³/mol. The molecule has 0 spiro atoms. The van der Waals surface area contributed by atoms with E-state index in [-0.39, 0.29) is 10.9 Å². The van der Waals surface area contributed by atoms with Crippen molar-refractivity contribution >= 4 is 16.8 Å². The molecule has 78 valence electrons. The van der Waals surface area contributed by atoms with Crippen molar-refractivity contribution in [2.75, 3.05) is 18.8 Å². The Bertz CT molecular complexity index is 254. The van der Waals surface area contributed by atoms with Gasteiger partial charge in [0.1, 0.15) is 0 Å². The Morgan fingerprint density at radius 1 is 1.14 bits per heavy atom. The summed E-state index contributed by atoms with van der Waals surface area (Å²) >= 11 is 0. The van der Waals surface area contributed by atoms with Gasteiger partial charge in [0.15, 0.2) is 0 Å². The zero-order valence-electron chi connectivity index (χ0n) is 8.35. The van der Waals surface area contributed by atoms with Gasteiger partial charge >= 0.3 is 0 Å². The average molecular weight is 211 g/mol. The Kier molecular flexibility index (Phi) is 3.30. The molecule has 0 atom stereocenters. The molecule has 0 unspecified atom stereocenters. The van der Waals surface area contributed by atoms with Crippen molar-refractivity contribution in [1.82, 2.24) is 4.90 Å². The number of rotatable bonds is 2. The van der Waals surface area contributed by atoms with Gasteiger partial charge in [-0.05, 0) is 30.1 Å². The third-order valence-corrected chi connectivity index (χ3v) is 4.44. The number of allylic oxidation sites excluding steroid dienone is 2. The lowest BCUT2D eigenvalue weighted by atomic mass is 10.1. The van der Waals surface area contributed by atoms with Crippen LogP contribution in [-0.2, 0) is 4.79 Å². The second kappa shape index (κ2) is 4.69. The molecule has 0 aromatic carbocycles. The lowest BCUT2D eigenvalue weighted by molar-refractivity contribution is -0.129. The van der Waals surface area contributed by atoms with Crippen LogP contribution >= 0.6 is 10.9 Å². The maximum absolute atomic E-state index is 11.8. The van der Waals surface area contributed by atoms with Crippen LogP contribution < -0.4 is 0 Å². The molecule has 2 aliphatic rings. The summed E-state index contributed by atoms with van der Waals surface area (Å²) < 4.78 is 0. The van der Waals surface area contributed by atoms with E-state index in [4.69, 9.17) is 0 Å². The lowest BCUT2D eigenvalue weighted by Crippen LogP contribution is -2.37. The topological polar surface area (TPSA) is 20.3 Å². The molecule has 0 aliphatic carbocycles. The van der Waals surface area contributed by atoms with E-state index in [2.05, 4.69) is 23.0 Å². The largest absolute Gasteiger partial charge is 0.342 e. The Hall–Kier alpha value is -0.700. The van der Waals surface area contributed by atoms with Gasteiger partial charge in [0.2, 0.25) is 5.91 Å². The molecule has 1 fully saturated rings. The maximum atomic E-state index is 11.8. The van der Waals surface area contributed by atoms with Crippen LogP contribution in [0.2, 0.25) is 0 Å². The predicted octanol–water partition coefficient (Wildman–Crippen LogP) is 2.04. The van der Waals surface area contributed by atoms with Crippen molar-refractivity contribution in [2.24, 2.45) is 0 Å². The number of piperidine rings is 1. The summed E-state index contributed by atoms with van der Waals surface area (Å²) in [6.45, 7) is 1.96. The Morgan fingerprint density at radius 2 is 1.79 bits per heavy atom. The van der Waals surface area contributed by atoms with Crippen LogP contribution in [0.3, 0.4) is 0 Å². The number of thiol groups is 1. The number of carbonyl (C=O) groups is 1. The first-order valence-corrected chi connectivity index (χ1v) is 6.91. The zero-order chi connectivity index (χ0) is 9.80. The van der Waals surface area contributed by atoms with Crippen LogP contribution in [0.15, 0.2) is 23.0 Å². The van der Waals surface area contributed by atoms with Gasteiger partial charge in [0.25, 0.3) is 0 Å². The van der Waals surface area contributed by atoms with Crippen molar-refractivity contribution in [3.8, 4) is 0 Å². The molecular formula is C11H17NOS. The van der Waals surface area contributed by atoms with Gasteiger partial charge < -0.3 is 4.90 Å². The quantitative estimate of drug-likeness (QED) is 0.693. The van der Waals surface area contributed by atoms with Crippen LogP contribution in [0.25, 0.3) is 0 Å². The van der Waals surface area contributed by atoms with Crippen molar-refractivity contribution in [2.45, 2.75) is 19.3 Å². The van der Waals surface area contributed by atoms with Crippen LogP contribution in [0.5, 0.6) is 0 Å². The van der Waals surface area contributed by atoms with E-state index in [1.165, 1.54) is 19.3 Å². The number of nitrogens with zero attached hydrogens (tertiary/aromatic N) is 1. The molecular weight excluding hydrogens is 194 g/mol. The SMILES string of the molecule is O=C(C[SH]1C=CC=C1)N1CCCCC1. The van der Waals surface area contributed by atoms with E-state index in [1.807, 2.05) is 4.90 Å². The Morgan fingerprint density at radius 3 is 2.43 bits per heavy atom. The first-order valence-electron chi connectivity index (χ1n) is 5.25. The number of carbonyl (C=O) groups excluding carboxylic acids is 1. The van der Waals surface area contributed by atoms with E-state index in [9.17, 15) is 4.79 Å². The van der Waals surface area contributed by atoms with E-state index < -0.39 is 0 Å². The number of hydrogen-bond acceptors (Lipinski definition) is 1. The van der Waals surface area contributed by atoms with Crippen molar-refractivity contribution < 1.29 is 4.79 Å². The fourth-order valence-electron chi connectivity index (χ4n) is 1.88. The van der Waals surface area contributed by atoms with Gasteiger partial charge in [-0.2, -0.15) is 0 Å². The van der Waals surface area contributed by atoms with Crippen LogP contribution in [0.4, 0.5) is 0 Å². The summed E-state index contributed by atoms with van der Waals surface area (Å²) in [6, 6.07) is 0. The molecule has 0 bridgehead atoms. The minimum Gasteiger partial charge on any atom is -0.342 e. The smallest absolute Gasteiger partial charge is 0.231 e. The summed E-state index contributed by atoms with van der Waals surface area (Å²) in [4.78, 5) is 13.9. The molecule has 1 saturated heterocycles. The number of likely N-dealkylation sites (tertiary alicyclic amines) is 1. The summed E-state index contributed by atoms with van der Waals surface area (Å²) in [5, 5.41) is 4.33. The molecule has 2 nitrogen and oxygen atoms in total. The van der Waals surface area contributed by atoms with E-state index in [1.54, 1.807) is 0 Å². The second-order valence-corrected chi connectivity index (χ2v) is 5.74. The van der Waals surface area contributed by atoms with Crippen molar-refractivity contribution in [3.05, 3.63) is 23.0 Å². The monoisotopic (exact) mass is 211 g/mol. The normalized spacial score (nSPS) is 23.1. The van der Waals surface area contributed by atoms with Crippen molar-refractivity contribution in [3.63, 3.8) is 0 Å². The average Bonchev–Trinajstić information content (AvgIpc) is 2.72. The first kappa shape index (κ1) is 9.84. The first-order chi connectivity index (χ1) is 6.86. The fourth-order valence-corrected chi connectivity index (χ4v) is 3.34. The summed E-state index contributed by atoms with van der Waals surface area (Å²) in [5.74, 6) is 1.08. The third kappa shape index (κ3) is 2.41. The molecule has 0 saturated carbocycles. The van der Waals surface area contributed by atoms with Crippen LogP contribution in [0.1, 0.15) is 19.3 Å². The number of hydrogen-bond donors (Lipinski definition) is 1. The van der Waals surface area contributed by atoms with E-state index in [0.29, 0.717) is 5.91 Å². The van der Waals surface area contributed by atoms with E-state index >= 15 is 0 Å². The summed E-state index contributed by atoms with van der Waals surface area (Å²) in [7, 11) is -0.262. The summed E-state index contributed by atoms with van der Waals surface area (Å²) in [5.41, 5.74) is 0. The molecule has 0 aromatic rings. The van der Waals surface area contributed by atoms with Gasteiger partial charge in [0, 0.05) is 13.1 Å². The molecule has 2 heterocycles. The van der Waals surface area contributed by atoms with Gasteiger partial charge in [-0.3, -0.25) is 4.79 Å². The highest BCUT2D eigenvalue weighted by molar-refractivity contribution is 8.22. The highest BCUT2D eigenvalue weighted by Gasteiger charge is 2.17. The van der Waals surface area contributed by atoms with Crippen molar-refractivity contribution in [1.29, 1.82) is 0 Å². The van der Waals surface area contributed by atoms with Gasteiger partial charge in [-0.25, -0.2) is 10.9 Å². The van der Waals surface area contributed by atoms with Crippen LogP contribution in [0, 0.1) is 0 Å². The molecule has 2 aliphatic heterocycles. The number of amides is 1. The molecule has 0 aromatic heterocycles. The zero-order valence-corrected chi connectivity index (χ0v) is 9.25. The minimum atomic E-state index is -0.262. The van der Waals surface area contributed by atoms with Gasteiger partial charge in [0.05, 0.1) is 5.75 Å². The minimum absolute atomic E-state index is 0.262. The van der Waals surface area contributed by atoms with Gasteiger partial charge in [-0.1, -0.05) is 12.2 Å². The molecule has 2 rings (SSSR count).